The molecule has 2 rings (SSSR count). The van der Waals surface area contributed by atoms with E-state index in [-0.39, 0.29) is 12.2 Å². The Labute approximate surface area is 86.3 Å². The van der Waals surface area contributed by atoms with Crippen LogP contribution in [-0.2, 0) is 6.61 Å². The van der Waals surface area contributed by atoms with Crippen molar-refractivity contribution in [1.29, 1.82) is 0 Å². The molecule has 2 heterocycles. The van der Waals surface area contributed by atoms with Crippen molar-refractivity contribution in [3.8, 4) is 11.3 Å². The van der Waals surface area contributed by atoms with E-state index < -0.39 is 5.95 Å². The highest BCUT2D eigenvalue weighted by atomic mass is 19.1. The van der Waals surface area contributed by atoms with Crippen LogP contribution in [0.2, 0.25) is 0 Å². The van der Waals surface area contributed by atoms with E-state index in [1.165, 1.54) is 6.07 Å². The van der Waals surface area contributed by atoms with Crippen molar-refractivity contribution in [2.24, 2.45) is 0 Å². The molecule has 0 aliphatic rings. The van der Waals surface area contributed by atoms with Gasteiger partial charge in [-0.25, -0.2) is 4.98 Å². The fourth-order valence-corrected chi connectivity index (χ4v) is 1.26. The third-order valence-corrected chi connectivity index (χ3v) is 2.05. The van der Waals surface area contributed by atoms with Crippen LogP contribution in [0.5, 0.6) is 0 Å². The van der Waals surface area contributed by atoms with Crippen LogP contribution in [-0.4, -0.2) is 15.1 Å². The summed E-state index contributed by atoms with van der Waals surface area (Å²) in [4.78, 5) is 7.67. The number of rotatable bonds is 2. The summed E-state index contributed by atoms with van der Waals surface area (Å²) in [5.74, 6) is -0.640. The molecule has 0 aliphatic heterocycles. The smallest absolute Gasteiger partial charge is 0.218 e. The average Bonchev–Trinajstić information content (AvgIpc) is 2.30. The molecule has 0 fully saturated rings. The van der Waals surface area contributed by atoms with E-state index in [0.29, 0.717) is 5.69 Å². The summed E-state index contributed by atoms with van der Waals surface area (Å²) in [5.41, 5.74) is 1.46. The molecule has 0 spiro atoms. The molecule has 15 heavy (non-hydrogen) atoms. The molecule has 2 aromatic heterocycles. The molecule has 0 radical (unpaired) electrons. The van der Waals surface area contributed by atoms with Crippen molar-refractivity contribution in [3.05, 3.63) is 48.2 Å². The summed E-state index contributed by atoms with van der Waals surface area (Å²) in [7, 11) is 0. The number of hydrogen-bond donors (Lipinski definition) is 1. The number of nitrogens with zero attached hydrogens (tertiary/aromatic N) is 2. The maximum atomic E-state index is 13.2. The molecule has 76 valence electrons. The quantitative estimate of drug-likeness (QED) is 0.758. The molecule has 0 saturated heterocycles. The lowest BCUT2D eigenvalue weighted by Crippen LogP contribution is -1.95. The molecule has 0 saturated carbocycles. The standard InChI is InChI=1S/C11H9FN2O/c12-11-9(7-15)3-4-10(14-11)8-2-1-5-13-6-8/h1-6,15H,7H2. The van der Waals surface area contributed by atoms with Gasteiger partial charge in [0.2, 0.25) is 5.95 Å². The van der Waals surface area contributed by atoms with Crippen molar-refractivity contribution in [3.63, 3.8) is 0 Å². The Kier molecular flexibility index (Phi) is 2.69. The molecule has 4 heteroatoms. The van der Waals surface area contributed by atoms with Crippen LogP contribution < -0.4 is 0 Å². The molecule has 3 nitrogen and oxygen atoms in total. The van der Waals surface area contributed by atoms with Gasteiger partial charge in [0.05, 0.1) is 12.3 Å². The third-order valence-electron chi connectivity index (χ3n) is 2.05. The van der Waals surface area contributed by atoms with Gasteiger partial charge >= 0.3 is 0 Å². The second-order valence-electron chi connectivity index (χ2n) is 3.05. The molecular weight excluding hydrogens is 195 g/mol. The maximum Gasteiger partial charge on any atom is 0.218 e. The first-order chi connectivity index (χ1) is 7.31. The SMILES string of the molecule is OCc1ccc(-c2cccnc2)nc1F. The number of aliphatic hydroxyl groups is 1. The first-order valence-electron chi connectivity index (χ1n) is 4.48. The van der Waals surface area contributed by atoms with Crippen molar-refractivity contribution >= 4 is 0 Å². The minimum atomic E-state index is -0.640. The maximum absolute atomic E-state index is 13.2. The van der Waals surface area contributed by atoms with Gasteiger partial charge < -0.3 is 5.11 Å². The van der Waals surface area contributed by atoms with Gasteiger partial charge in [-0.1, -0.05) is 0 Å². The Bertz CT molecular complexity index is 459. The first kappa shape index (κ1) is 9.73. The predicted molar refractivity (Wildman–Crippen MR) is 53.3 cm³/mol. The van der Waals surface area contributed by atoms with Crippen LogP contribution in [0.1, 0.15) is 5.56 Å². The lowest BCUT2D eigenvalue weighted by molar-refractivity contribution is 0.274. The van der Waals surface area contributed by atoms with E-state index in [1.807, 2.05) is 0 Å². The minimum Gasteiger partial charge on any atom is -0.392 e. The van der Waals surface area contributed by atoms with Crippen LogP contribution in [0.3, 0.4) is 0 Å². The zero-order valence-corrected chi connectivity index (χ0v) is 7.89. The summed E-state index contributed by atoms with van der Waals surface area (Å²) < 4.78 is 13.2. The van der Waals surface area contributed by atoms with Crippen molar-refractivity contribution < 1.29 is 9.50 Å². The van der Waals surface area contributed by atoms with E-state index in [2.05, 4.69) is 9.97 Å². The van der Waals surface area contributed by atoms with E-state index in [1.54, 1.807) is 30.6 Å². The summed E-state index contributed by atoms with van der Waals surface area (Å²) in [5, 5.41) is 8.79. The van der Waals surface area contributed by atoms with Gasteiger partial charge in [0, 0.05) is 23.5 Å². The highest BCUT2D eigenvalue weighted by Crippen LogP contribution is 2.17. The van der Waals surface area contributed by atoms with Gasteiger partial charge in [0.1, 0.15) is 0 Å². The number of hydrogen-bond acceptors (Lipinski definition) is 3. The second kappa shape index (κ2) is 4.14. The van der Waals surface area contributed by atoms with Crippen LogP contribution in [0.4, 0.5) is 4.39 Å². The molecule has 0 amide bonds. The zero-order chi connectivity index (χ0) is 10.7. The molecule has 0 aromatic carbocycles. The van der Waals surface area contributed by atoms with E-state index in [9.17, 15) is 4.39 Å². The Morgan fingerprint density at radius 2 is 2.13 bits per heavy atom. The molecular formula is C11H9FN2O. The number of aromatic nitrogens is 2. The normalized spacial score (nSPS) is 10.3. The number of aliphatic hydroxyl groups excluding tert-OH is 1. The van der Waals surface area contributed by atoms with Gasteiger partial charge in [-0.05, 0) is 24.3 Å². The fourth-order valence-electron chi connectivity index (χ4n) is 1.26. The van der Waals surface area contributed by atoms with E-state index in [4.69, 9.17) is 5.11 Å². The summed E-state index contributed by atoms with van der Waals surface area (Å²) in [6.07, 6.45) is 3.25. The Balaban J connectivity index is 2.43. The summed E-state index contributed by atoms with van der Waals surface area (Å²) in [6.45, 7) is -0.341. The molecule has 0 unspecified atom stereocenters. The predicted octanol–water partition coefficient (Wildman–Crippen LogP) is 1.77. The summed E-state index contributed by atoms with van der Waals surface area (Å²) >= 11 is 0. The largest absolute Gasteiger partial charge is 0.392 e. The van der Waals surface area contributed by atoms with Crippen LogP contribution in [0, 0.1) is 5.95 Å². The first-order valence-corrected chi connectivity index (χ1v) is 4.48. The highest BCUT2D eigenvalue weighted by Gasteiger charge is 2.05. The Hall–Kier alpha value is -1.81. The molecule has 1 N–H and O–H groups in total. The topological polar surface area (TPSA) is 46.0 Å². The average molecular weight is 204 g/mol. The monoisotopic (exact) mass is 204 g/mol. The number of halogens is 1. The van der Waals surface area contributed by atoms with E-state index in [0.717, 1.165) is 5.56 Å². The van der Waals surface area contributed by atoms with Crippen LogP contribution in [0.15, 0.2) is 36.7 Å². The van der Waals surface area contributed by atoms with Gasteiger partial charge in [-0.15, -0.1) is 0 Å². The molecule has 0 atom stereocenters. The second-order valence-corrected chi connectivity index (χ2v) is 3.05. The van der Waals surface area contributed by atoms with Crippen LogP contribution >= 0.6 is 0 Å². The van der Waals surface area contributed by atoms with Crippen molar-refractivity contribution in [2.45, 2.75) is 6.61 Å². The Morgan fingerprint density at radius 3 is 2.73 bits per heavy atom. The van der Waals surface area contributed by atoms with Gasteiger partial charge in [0.15, 0.2) is 0 Å². The lowest BCUT2D eigenvalue weighted by Gasteiger charge is -2.02. The van der Waals surface area contributed by atoms with Crippen molar-refractivity contribution in [1.82, 2.24) is 9.97 Å². The van der Waals surface area contributed by atoms with Crippen molar-refractivity contribution in [2.75, 3.05) is 0 Å². The highest BCUT2D eigenvalue weighted by molar-refractivity contribution is 5.57. The molecule has 0 aliphatic carbocycles. The van der Waals surface area contributed by atoms with E-state index >= 15 is 0 Å². The zero-order valence-electron chi connectivity index (χ0n) is 7.89. The number of pyridine rings is 2. The lowest BCUT2D eigenvalue weighted by atomic mass is 10.1. The van der Waals surface area contributed by atoms with Gasteiger partial charge in [-0.3, -0.25) is 4.98 Å². The van der Waals surface area contributed by atoms with Gasteiger partial charge in [-0.2, -0.15) is 4.39 Å². The molecule has 0 bridgehead atoms. The summed E-state index contributed by atoms with van der Waals surface area (Å²) in [6, 6.07) is 6.73. The fraction of sp³-hybridized carbons (Fsp3) is 0.0909. The van der Waals surface area contributed by atoms with Gasteiger partial charge in [0.25, 0.3) is 0 Å². The third kappa shape index (κ3) is 1.99. The van der Waals surface area contributed by atoms with Crippen LogP contribution in [0.25, 0.3) is 11.3 Å². The Morgan fingerprint density at radius 1 is 1.27 bits per heavy atom. The molecule has 2 aromatic rings. The minimum absolute atomic E-state index is 0.197.